The van der Waals surface area contributed by atoms with Crippen LogP contribution in [-0.4, -0.2) is 218 Å². The number of allylic oxidation sites excluding steroid dienone is 3. The number of hydrogen-bond donors (Lipinski definition) is 8. The van der Waals surface area contributed by atoms with Crippen LogP contribution in [0.25, 0.3) is 0 Å². The highest BCUT2D eigenvalue weighted by Crippen LogP contribution is 2.51. The maximum absolute atomic E-state index is 14.4. The molecule has 4 fully saturated rings. The van der Waals surface area contributed by atoms with Crippen LogP contribution in [0.3, 0.4) is 0 Å². The second-order valence-electron chi connectivity index (χ2n) is 20.1. The highest BCUT2D eigenvalue weighted by atomic mass is 79.9. The fourth-order valence-electron chi connectivity index (χ4n) is 10.5. The second kappa shape index (κ2) is 31.3. The van der Waals surface area contributed by atoms with Crippen molar-refractivity contribution in [2.75, 3.05) is 60.7 Å². The molecule has 1 aromatic rings. The van der Waals surface area contributed by atoms with Crippen molar-refractivity contribution in [3.05, 3.63) is 50.7 Å². The normalized spacial score (nSPS) is 35.9. The minimum atomic E-state index is -2.06. The molecule has 0 spiro atoms. The lowest BCUT2D eigenvalue weighted by Crippen LogP contribution is -2.65. The first-order chi connectivity index (χ1) is 40.2. The molecular formula is C55H74BrN3O21S4. The minimum Gasteiger partial charge on any atom is -0.492 e. The number of fused-ring (bicyclic) bond motifs is 2. The number of alkyl carbamates (subject to hydrolysis) is 1. The number of ether oxygens (including phenoxy) is 12. The zero-order chi connectivity index (χ0) is 61.2. The molecule has 466 valence electrons. The number of amides is 1. The van der Waals surface area contributed by atoms with Crippen molar-refractivity contribution in [3.63, 3.8) is 0 Å². The van der Waals surface area contributed by atoms with Crippen molar-refractivity contribution in [1.29, 1.82) is 0 Å². The Kier molecular flexibility index (Phi) is 25.5. The molecule has 1 aromatic carbocycles. The summed E-state index contributed by atoms with van der Waals surface area (Å²) < 4.78 is 72.2. The maximum atomic E-state index is 14.4. The molecule has 2 unspecified atom stereocenters. The largest absolute Gasteiger partial charge is 0.492 e. The maximum Gasteiger partial charge on any atom is 0.411 e. The molecule has 0 aromatic heterocycles. The van der Waals surface area contributed by atoms with Crippen molar-refractivity contribution in [2.24, 2.45) is 0 Å². The topological polar surface area (TPSA) is 308 Å². The van der Waals surface area contributed by atoms with Gasteiger partial charge in [0.15, 0.2) is 41.8 Å². The predicted octanol–water partition coefficient (Wildman–Crippen LogP) is 3.35. The van der Waals surface area contributed by atoms with Crippen LogP contribution in [0.15, 0.2) is 39.5 Å². The van der Waals surface area contributed by atoms with Gasteiger partial charge in [-0.3, -0.25) is 19.7 Å². The van der Waals surface area contributed by atoms with E-state index in [1.54, 1.807) is 40.9 Å². The standard InChI is InChI=1S/C55H74BrN3O21S4/c1-12-57-30-24-73-35(22-34(30)68-6)78-48-43(63)40(26(3)75-53(48)77-33-17-15-13-14-16-19-55(67)23-32(61)41(58-54(66)72-10)38(33)29(55)18-20-82-84-81-11)59-80-36-21-31(60)50(28(5)74-36)83-51(65)37-25(2)39(56)46(49(71-9)45(37)69-7)79-52-44(64)47(70-8)42(62)27(4)76-52/h13-14,18,26-28,30-31,33-36,40,42-44,47-48,50,52-53,57,59-60,62-64,67H,12,20-24H2,1-11H3,(H,58,66)/b14-13-,29-18-/t26-,27+,28-,30+,31+,33?,34?,35+,36+,40-,42+,43+,44-,47-,48-,50-,52+,53+,55+/m1/s1. The van der Waals surface area contributed by atoms with Crippen LogP contribution in [0.4, 0.5) is 4.79 Å². The molecule has 0 radical (unpaired) electrons. The summed E-state index contributed by atoms with van der Waals surface area (Å²) in [7, 11) is 11.2. The number of hydrogen-bond acceptors (Lipinski definition) is 27. The predicted molar refractivity (Wildman–Crippen MR) is 315 cm³/mol. The third-order valence-corrected chi connectivity index (χ3v) is 20.8. The van der Waals surface area contributed by atoms with Gasteiger partial charge >= 0.3 is 6.09 Å². The summed E-state index contributed by atoms with van der Waals surface area (Å²) in [4.78, 5) is 47.5. The molecular weight excluding hydrogens is 1250 g/mol. The fraction of sp³-hybridized carbons (Fsp3) is 0.655. The first-order valence-electron chi connectivity index (χ1n) is 26.9. The molecule has 84 heavy (non-hydrogen) atoms. The molecule has 2 bridgehead atoms. The highest BCUT2D eigenvalue weighted by Gasteiger charge is 2.52. The van der Waals surface area contributed by atoms with E-state index in [2.05, 4.69) is 55.7 Å². The number of aliphatic hydroxyl groups is 5. The number of methoxy groups -OCH3 is 5. The van der Waals surface area contributed by atoms with Gasteiger partial charge in [-0.2, -0.15) is 5.48 Å². The summed E-state index contributed by atoms with van der Waals surface area (Å²) in [6, 6.07) is -1.27. The van der Waals surface area contributed by atoms with Crippen molar-refractivity contribution < 1.29 is 102 Å². The summed E-state index contributed by atoms with van der Waals surface area (Å²) in [5, 5.41) is 62.6. The van der Waals surface area contributed by atoms with E-state index in [0.717, 1.165) is 18.9 Å². The summed E-state index contributed by atoms with van der Waals surface area (Å²) in [5.74, 6) is 11.2. The fourth-order valence-corrected chi connectivity index (χ4v) is 14.5. The lowest BCUT2D eigenvalue weighted by molar-refractivity contribution is -0.336. The molecule has 4 heterocycles. The average Bonchev–Trinajstić information content (AvgIpc) is 1.36. The van der Waals surface area contributed by atoms with E-state index in [0.29, 0.717) is 17.9 Å². The molecule has 6 aliphatic rings. The van der Waals surface area contributed by atoms with Gasteiger partial charge in [0.1, 0.15) is 36.6 Å². The molecule has 29 heteroatoms. The molecule has 4 aliphatic heterocycles. The Morgan fingerprint density at radius 1 is 0.881 bits per heavy atom. The molecule has 1 amide bonds. The SMILES string of the molecule is CCN[C@H]1CO[C@@H](O[C@H]2[C@H](OC3C#C/C=C\C#C[C@]4(O)CC(=O)C(NC(=O)OC)=C3/C4=C/CSSSC)O[C@H](C)[C@@H](NO[C@H]3C[C@H](O)[C@H](SC(=O)c4c(C)c(Br)c(O[C@@H]5O[C@@H](C)[C@H](O)[C@@H](OC)[C@H]5O)c(OC)c4OC)[C@@H](C)O3)[C@@H]2O)CC1OC. The monoisotopic (exact) mass is 1320 g/mol. The van der Waals surface area contributed by atoms with Crippen molar-refractivity contribution >= 4 is 76.1 Å². The third kappa shape index (κ3) is 15.6. The number of carbonyl (C=O) groups is 3. The lowest BCUT2D eigenvalue weighted by Gasteiger charge is -2.46. The first-order valence-corrected chi connectivity index (χ1v) is 32.6. The quantitative estimate of drug-likeness (QED) is 0.0357. The van der Waals surface area contributed by atoms with Crippen LogP contribution in [0, 0.1) is 30.6 Å². The molecule has 24 nitrogen and oxygen atoms in total. The molecule has 7 rings (SSSR count). The van der Waals surface area contributed by atoms with Crippen molar-refractivity contribution in [2.45, 2.75) is 169 Å². The molecule has 19 atom stereocenters. The molecule has 8 N–H and O–H groups in total. The van der Waals surface area contributed by atoms with Crippen LogP contribution in [0.1, 0.15) is 62.9 Å². The first kappa shape index (κ1) is 68.3. The number of aliphatic hydroxyl groups excluding tert-OH is 4. The number of carbonyl (C=O) groups excluding carboxylic acids is 3. The van der Waals surface area contributed by atoms with E-state index in [-0.39, 0.29) is 75.7 Å². The molecule has 0 saturated carbocycles. The number of hydroxylamine groups is 1. The summed E-state index contributed by atoms with van der Waals surface area (Å²) in [6.07, 6.45) is -12.0. The number of Topliss-reactive ketones (excluding diaryl/α,β-unsaturated/α-hetero) is 1. The van der Waals surface area contributed by atoms with E-state index >= 15 is 0 Å². The van der Waals surface area contributed by atoms with Gasteiger partial charge in [-0.05, 0) is 84.0 Å². The van der Waals surface area contributed by atoms with Crippen LogP contribution >= 0.6 is 59.1 Å². The van der Waals surface area contributed by atoms with Gasteiger partial charge in [-0.25, -0.2) is 4.79 Å². The number of rotatable bonds is 22. The van der Waals surface area contributed by atoms with E-state index in [9.17, 15) is 39.9 Å². The lowest BCUT2D eigenvalue weighted by atomic mass is 9.75. The van der Waals surface area contributed by atoms with E-state index < -0.39 is 127 Å². The van der Waals surface area contributed by atoms with Crippen LogP contribution in [0.5, 0.6) is 17.2 Å². The number of nitrogens with one attached hydrogen (secondary N) is 3. The number of benzene rings is 1. The Hall–Kier alpha value is -3.19. The van der Waals surface area contributed by atoms with Crippen LogP contribution in [0.2, 0.25) is 0 Å². The van der Waals surface area contributed by atoms with E-state index in [1.807, 2.05) is 13.2 Å². The number of ketones is 1. The van der Waals surface area contributed by atoms with Gasteiger partial charge in [0.05, 0.1) is 97.9 Å². The Labute approximate surface area is 512 Å². The Balaban J connectivity index is 1.12. The van der Waals surface area contributed by atoms with Gasteiger partial charge in [0, 0.05) is 44.0 Å². The minimum absolute atomic E-state index is 0.00142. The van der Waals surface area contributed by atoms with Crippen LogP contribution < -0.4 is 30.3 Å². The highest BCUT2D eigenvalue weighted by molar-refractivity contribution is 9.10. The zero-order valence-electron chi connectivity index (χ0n) is 48.1. The summed E-state index contributed by atoms with van der Waals surface area (Å²) in [5.41, 5.74) is 1.18. The van der Waals surface area contributed by atoms with Crippen molar-refractivity contribution in [1.82, 2.24) is 16.1 Å². The van der Waals surface area contributed by atoms with Gasteiger partial charge in [-0.15, -0.1) is 0 Å². The van der Waals surface area contributed by atoms with Gasteiger partial charge in [-0.1, -0.05) is 70.0 Å². The number of thioether (sulfide) groups is 1. The number of halogens is 1. The molecule has 2 aliphatic carbocycles. The average molecular weight is 1320 g/mol. The summed E-state index contributed by atoms with van der Waals surface area (Å²) >= 11 is 4.36. The Morgan fingerprint density at radius 2 is 1.61 bits per heavy atom. The zero-order valence-corrected chi connectivity index (χ0v) is 53.0. The van der Waals surface area contributed by atoms with Gasteiger partial charge in [0.25, 0.3) is 0 Å². The smallest absolute Gasteiger partial charge is 0.411 e. The van der Waals surface area contributed by atoms with Crippen molar-refractivity contribution in [3.8, 4) is 40.9 Å². The number of likely N-dealkylation sites (N-methyl/N-ethyl adjacent to an activating group) is 1. The third-order valence-electron chi connectivity index (χ3n) is 14.8. The van der Waals surface area contributed by atoms with Gasteiger partial charge in [0.2, 0.25) is 17.2 Å². The van der Waals surface area contributed by atoms with Crippen LogP contribution in [-0.2, 0) is 52.3 Å². The summed E-state index contributed by atoms with van der Waals surface area (Å²) in [6.45, 7) is 9.35. The second-order valence-corrected chi connectivity index (χ2v) is 26.4. The Bertz CT molecular complexity index is 2710. The Morgan fingerprint density at radius 3 is 2.27 bits per heavy atom. The van der Waals surface area contributed by atoms with E-state index in [4.69, 9.17) is 61.7 Å². The molecule has 4 saturated heterocycles. The van der Waals surface area contributed by atoms with Gasteiger partial charge < -0.3 is 87.7 Å². The van der Waals surface area contributed by atoms with E-state index in [1.165, 1.54) is 64.9 Å².